The highest BCUT2D eigenvalue weighted by molar-refractivity contribution is 6.00. The van der Waals surface area contributed by atoms with Crippen molar-refractivity contribution in [2.45, 2.75) is 6.92 Å². The van der Waals surface area contributed by atoms with E-state index in [-0.39, 0.29) is 5.57 Å². The number of rotatable bonds is 2. The molecule has 0 unspecified atom stereocenters. The fourth-order valence-corrected chi connectivity index (χ4v) is 1.12. The second-order valence-electron chi connectivity index (χ2n) is 2.78. The topological polar surface area (TPSA) is 61.1 Å². The summed E-state index contributed by atoms with van der Waals surface area (Å²) in [6.45, 7) is 1.63. The highest BCUT2D eigenvalue weighted by Gasteiger charge is 2.11. The van der Waals surface area contributed by atoms with E-state index in [2.05, 4.69) is 0 Å². The third-order valence-corrected chi connectivity index (χ3v) is 1.91. The molecule has 14 heavy (non-hydrogen) atoms. The molecule has 0 saturated carbocycles. The van der Waals surface area contributed by atoms with Gasteiger partial charge in [-0.25, -0.2) is 4.79 Å². The van der Waals surface area contributed by atoms with E-state index in [1.165, 1.54) is 0 Å². The zero-order valence-electron chi connectivity index (χ0n) is 7.69. The van der Waals surface area contributed by atoms with Crippen LogP contribution in [0.1, 0.15) is 12.5 Å². The molecular formula is C11H9NO2. The Kier molecular flexibility index (Phi) is 3.03. The summed E-state index contributed by atoms with van der Waals surface area (Å²) in [4.78, 5) is 10.7. The smallest absolute Gasteiger partial charge is 0.346 e. The van der Waals surface area contributed by atoms with Crippen molar-refractivity contribution < 1.29 is 9.90 Å². The number of aliphatic carboxylic acids is 1. The number of allylic oxidation sites excluding steroid dienone is 1. The third kappa shape index (κ3) is 1.99. The van der Waals surface area contributed by atoms with E-state index < -0.39 is 5.97 Å². The summed E-state index contributed by atoms with van der Waals surface area (Å²) in [6, 6.07) is 10.7. The molecule has 0 heterocycles. The second-order valence-corrected chi connectivity index (χ2v) is 2.78. The summed E-state index contributed by atoms with van der Waals surface area (Å²) in [7, 11) is 0. The van der Waals surface area contributed by atoms with Gasteiger partial charge in [-0.1, -0.05) is 30.3 Å². The fourth-order valence-electron chi connectivity index (χ4n) is 1.12. The lowest BCUT2D eigenvalue weighted by Gasteiger charge is -2.01. The molecule has 0 aliphatic carbocycles. The van der Waals surface area contributed by atoms with E-state index in [9.17, 15) is 4.79 Å². The predicted octanol–water partition coefficient (Wildman–Crippen LogP) is 2.07. The monoisotopic (exact) mass is 187 g/mol. The summed E-state index contributed by atoms with van der Waals surface area (Å²) >= 11 is 0. The average Bonchev–Trinajstić information content (AvgIpc) is 2.19. The number of hydrogen-bond acceptors (Lipinski definition) is 2. The van der Waals surface area contributed by atoms with Crippen molar-refractivity contribution in [2.75, 3.05) is 0 Å². The van der Waals surface area contributed by atoms with Crippen LogP contribution in [0.2, 0.25) is 0 Å². The Bertz CT molecular complexity index is 413. The fraction of sp³-hybridized carbons (Fsp3) is 0.0909. The van der Waals surface area contributed by atoms with Crippen molar-refractivity contribution in [3.63, 3.8) is 0 Å². The van der Waals surface area contributed by atoms with Gasteiger partial charge in [-0.3, -0.25) is 0 Å². The minimum Gasteiger partial charge on any atom is -0.477 e. The number of carbonyl (C=O) groups is 1. The lowest BCUT2D eigenvalue weighted by atomic mass is 10.0. The number of nitrogens with zero attached hydrogens (tertiary/aromatic N) is 1. The largest absolute Gasteiger partial charge is 0.477 e. The van der Waals surface area contributed by atoms with E-state index in [0.29, 0.717) is 5.57 Å². The molecule has 0 amide bonds. The normalized spacial score (nSPS) is 11.4. The van der Waals surface area contributed by atoms with E-state index in [1.54, 1.807) is 37.3 Å². The van der Waals surface area contributed by atoms with Crippen LogP contribution in [0, 0.1) is 11.3 Å². The maximum absolute atomic E-state index is 10.7. The Morgan fingerprint density at radius 1 is 1.36 bits per heavy atom. The number of benzene rings is 1. The van der Waals surface area contributed by atoms with Gasteiger partial charge in [0.15, 0.2) is 0 Å². The molecule has 70 valence electrons. The lowest BCUT2D eigenvalue weighted by Crippen LogP contribution is -2.00. The van der Waals surface area contributed by atoms with Gasteiger partial charge in [0, 0.05) is 0 Å². The highest BCUT2D eigenvalue weighted by atomic mass is 16.4. The first-order chi connectivity index (χ1) is 6.66. The Labute approximate surface area is 81.9 Å². The van der Waals surface area contributed by atoms with Gasteiger partial charge in [0.25, 0.3) is 0 Å². The molecule has 0 bridgehead atoms. The number of nitriles is 1. The Balaban J connectivity index is 3.23. The van der Waals surface area contributed by atoms with Crippen LogP contribution in [0.15, 0.2) is 35.9 Å². The van der Waals surface area contributed by atoms with Crippen molar-refractivity contribution in [1.29, 1.82) is 5.26 Å². The van der Waals surface area contributed by atoms with Gasteiger partial charge in [0.2, 0.25) is 0 Å². The van der Waals surface area contributed by atoms with Crippen molar-refractivity contribution >= 4 is 11.5 Å². The maximum Gasteiger partial charge on any atom is 0.346 e. The van der Waals surface area contributed by atoms with Gasteiger partial charge in [0.1, 0.15) is 11.6 Å². The number of carboxylic acids is 1. The van der Waals surface area contributed by atoms with Crippen LogP contribution in [0.3, 0.4) is 0 Å². The summed E-state index contributed by atoms with van der Waals surface area (Å²) in [5, 5.41) is 17.4. The molecule has 1 aromatic carbocycles. The lowest BCUT2D eigenvalue weighted by molar-refractivity contribution is -0.132. The highest BCUT2D eigenvalue weighted by Crippen LogP contribution is 2.17. The van der Waals surface area contributed by atoms with Crippen molar-refractivity contribution in [3.8, 4) is 6.07 Å². The van der Waals surface area contributed by atoms with Crippen LogP contribution < -0.4 is 0 Å². The van der Waals surface area contributed by atoms with Gasteiger partial charge in [-0.2, -0.15) is 5.26 Å². The molecule has 0 spiro atoms. The summed E-state index contributed by atoms with van der Waals surface area (Å²) in [5.74, 6) is -1.19. The molecule has 1 rings (SSSR count). The molecule has 1 aromatic rings. The molecule has 0 atom stereocenters. The van der Waals surface area contributed by atoms with Crippen LogP contribution in [0.25, 0.3) is 5.57 Å². The quantitative estimate of drug-likeness (QED) is 0.569. The molecule has 0 aliphatic heterocycles. The molecule has 1 N–H and O–H groups in total. The van der Waals surface area contributed by atoms with Gasteiger partial charge in [-0.15, -0.1) is 0 Å². The molecule has 0 saturated heterocycles. The van der Waals surface area contributed by atoms with Gasteiger partial charge in [-0.05, 0) is 18.1 Å². The predicted molar refractivity (Wildman–Crippen MR) is 52.3 cm³/mol. The first-order valence-corrected chi connectivity index (χ1v) is 4.06. The maximum atomic E-state index is 10.7. The minimum atomic E-state index is -1.19. The van der Waals surface area contributed by atoms with Crippen LogP contribution in [-0.2, 0) is 4.79 Å². The third-order valence-electron chi connectivity index (χ3n) is 1.91. The zero-order chi connectivity index (χ0) is 10.6. The van der Waals surface area contributed by atoms with Gasteiger partial charge in [0.05, 0.1) is 0 Å². The second kappa shape index (κ2) is 4.24. The number of hydrogen-bond donors (Lipinski definition) is 1. The van der Waals surface area contributed by atoms with Crippen molar-refractivity contribution in [3.05, 3.63) is 41.5 Å². The molecule has 0 aliphatic rings. The summed E-state index contributed by atoms with van der Waals surface area (Å²) in [6.07, 6.45) is 0. The Morgan fingerprint density at radius 3 is 2.36 bits per heavy atom. The molecular weight excluding hydrogens is 178 g/mol. The standard InChI is InChI=1S/C11H9NO2/c1-8(10(7-12)11(13)14)9-5-3-2-4-6-9/h2-6H,1H3,(H,13,14). The molecule has 3 heteroatoms. The van der Waals surface area contributed by atoms with Crippen LogP contribution >= 0.6 is 0 Å². The zero-order valence-corrected chi connectivity index (χ0v) is 7.69. The van der Waals surface area contributed by atoms with Gasteiger partial charge < -0.3 is 5.11 Å². The SMILES string of the molecule is CC(=C(C#N)C(=O)O)c1ccccc1. The molecule has 0 aromatic heterocycles. The van der Waals surface area contributed by atoms with E-state index in [0.717, 1.165) is 5.56 Å². The van der Waals surface area contributed by atoms with Crippen LogP contribution in [0.5, 0.6) is 0 Å². The Morgan fingerprint density at radius 2 is 1.93 bits per heavy atom. The van der Waals surface area contributed by atoms with Crippen molar-refractivity contribution in [2.24, 2.45) is 0 Å². The first-order valence-electron chi connectivity index (χ1n) is 4.06. The minimum absolute atomic E-state index is 0.212. The van der Waals surface area contributed by atoms with Gasteiger partial charge >= 0.3 is 5.97 Å². The molecule has 0 radical (unpaired) electrons. The van der Waals surface area contributed by atoms with Crippen LogP contribution in [0.4, 0.5) is 0 Å². The summed E-state index contributed by atoms with van der Waals surface area (Å²) < 4.78 is 0. The molecule has 0 fully saturated rings. The first kappa shape index (κ1) is 10.0. The van der Waals surface area contributed by atoms with E-state index >= 15 is 0 Å². The number of carboxylic acid groups (broad SMARTS) is 1. The van der Waals surface area contributed by atoms with Crippen LogP contribution in [-0.4, -0.2) is 11.1 Å². The Hall–Kier alpha value is -2.08. The average molecular weight is 187 g/mol. The van der Waals surface area contributed by atoms with Crippen molar-refractivity contribution in [1.82, 2.24) is 0 Å². The summed E-state index contributed by atoms with van der Waals surface area (Å²) in [5.41, 5.74) is 1.03. The molecule has 3 nitrogen and oxygen atoms in total. The van der Waals surface area contributed by atoms with E-state index in [4.69, 9.17) is 10.4 Å². The van der Waals surface area contributed by atoms with E-state index in [1.807, 2.05) is 6.07 Å².